The molecule has 0 bridgehead atoms. The van der Waals surface area contributed by atoms with Crippen LogP contribution in [-0.4, -0.2) is 23.5 Å². The highest BCUT2D eigenvalue weighted by atomic mass is 19.3. The standard InChI is InChI=1S/C5H9F2NO2/c1-5(6,7)3(2-8)4(9)10/h3H,2,8H2,1H3,(H,9,10). The van der Waals surface area contributed by atoms with Crippen molar-refractivity contribution < 1.29 is 18.7 Å². The second kappa shape index (κ2) is 2.92. The van der Waals surface area contributed by atoms with Crippen LogP contribution in [0, 0.1) is 5.92 Å². The number of carbonyl (C=O) groups is 1. The maximum atomic E-state index is 12.2. The molecule has 0 saturated heterocycles. The number of hydrogen-bond donors (Lipinski definition) is 2. The minimum Gasteiger partial charge on any atom is -0.481 e. The number of hydrogen-bond acceptors (Lipinski definition) is 2. The molecule has 0 aromatic heterocycles. The molecule has 0 aromatic carbocycles. The molecule has 0 amide bonds. The lowest BCUT2D eigenvalue weighted by Crippen LogP contribution is -2.37. The predicted molar refractivity (Wildman–Crippen MR) is 30.8 cm³/mol. The maximum absolute atomic E-state index is 12.2. The molecule has 0 saturated carbocycles. The summed E-state index contributed by atoms with van der Waals surface area (Å²) < 4.78 is 24.4. The van der Waals surface area contributed by atoms with Crippen LogP contribution >= 0.6 is 0 Å². The third-order valence-electron chi connectivity index (χ3n) is 1.15. The molecule has 0 heterocycles. The van der Waals surface area contributed by atoms with Gasteiger partial charge in [0, 0.05) is 13.5 Å². The van der Waals surface area contributed by atoms with E-state index in [-0.39, 0.29) is 0 Å². The largest absolute Gasteiger partial charge is 0.481 e. The van der Waals surface area contributed by atoms with Crippen molar-refractivity contribution in [2.45, 2.75) is 12.8 Å². The molecule has 0 aliphatic rings. The molecule has 1 atom stereocenters. The molecular weight excluding hydrogens is 144 g/mol. The van der Waals surface area contributed by atoms with Gasteiger partial charge in [0.15, 0.2) is 0 Å². The molecule has 10 heavy (non-hydrogen) atoms. The van der Waals surface area contributed by atoms with E-state index in [2.05, 4.69) is 0 Å². The van der Waals surface area contributed by atoms with Gasteiger partial charge in [-0.2, -0.15) is 0 Å². The average molecular weight is 153 g/mol. The molecule has 0 spiro atoms. The Morgan fingerprint density at radius 1 is 1.80 bits per heavy atom. The average Bonchev–Trinajstić information content (AvgIpc) is 1.60. The highest BCUT2D eigenvalue weighted by Crippen LogP contribution is 2.22. The van der Waals surface area contributed by atoms with Gasteiger partial charge in [0.05, 0.1) is 0 Å². The Balaban J connectivity index is 4.22. The minimum absolute atomic E-state index is 0.540. The van der Waals surface area contributed by atoms with E-state index in [0.717, 1.165) is 0 Å². The molecule has 0 fully saturated rings. The number of aliphatic carboxylic acids is 1. The molecule has 0 radical (unpaired) electrons. The summed E-state index contributed by atoms with van der Waals surface area (Å²) >= 11 is 0. The van der Waals surface area contributed by atoms with Gasteiger partial charge < -0.3 is 10.8 Å². The molecule has 0 aliphatic heterocycles. The van der Waals surface area contributed by atoms with Crippen molar-refractivity contribution in [1.82, 2.24) is 0 Å². The van der Waals surface area contributed by atoms with E-state index >= 15 is 0 Å². The highest BCUT2D eigenvalue weighted by molar-refractivity contribution is 5.71. The van der Waals surface area contributed by atoms with E-state index < -0.39 is 24.4 Å². The zero-order chi connectivity index (χ0) is 8.36. The zero-order valence-electron chi connectivity index (χ0n) is 5.47. The van der Waals surface area contributed by atoms with E-state index in [0.29, 0.717) is 6.92 Å². The minimum atomic E-state index is -3.24. The van der Waals surface area contributed by atoms with E-state index in [9.17, 15) is 13.6 Å². The van der Waals surface area contributed by atoms with Crippen LogP contribution in [0.4, 0.5) is 8.78 Å². The molecule has 0 rings (SSSR count). The lowest BCUT2D eigenvalue weighted by Gasteiger charge is -2.16. The van der Waals surface area contributed by atoms with Gasteiger partial charge in [-0.05, 0) is 0 Å². The van der Waals surface area contributed by atoms with E-state index in [4.69, 9.17) is 10.8 Å². The van der Waals surface area contributed by atoms with Gasteiger partial charge in [-0.3, -0.25) is 4.79 Å². The Morgan fingerprint density at radius 3 is 2.20 bits per heavy atom. The van der Waals surface area contributed by atoms with Gasteiger partial charge in [0.25, 0.3) is 5.92 Å². The number of halogens is 2. The number of alkyl halides is 2. The Morgan fingerprint density at radius 2 is 2.20 bits per heavy atom. The van der Waals surface area contributed by atoms with Crippen molar-refractivity contribution in [1.29, 1.82) is 0 Å². The fourth-order valence-corrected chi connectivity index (χ4v) is 0.525. The van der Waals surface area contributed by atoms with Crippen molar-refractivity contribution in [3.8, 4) is 0 Å². The molecule has 0 aliphatic carbocycles. The first-order valence-corrected chi connectivity index (χ1v) is 2.70. The van der Waals surface area contributed by atoms with Gasteiger partial charge >= 0.3 is 5.97 Å². The molecule has 3 N–H and O–H groups in total. The monoisotopic (exact) mass is 153 g/mol. The second-order valence-electron chi connectivity index (χ2n) is 2.08. The fraction of sp³-hybridized carbons (Fsp3) is 0.800. The van der Waals surface area contributed by atoms with Gasteiger partial charge in [-0.1, -0.05) is 0 Å². The first-order chi connectivity index (χ1) is 4.39. The highest BCUT2D eigenvalue weighted by Gasteiger charge is 2.38. The summed E-state index contributed by atoms with van der Waals surface area (Å²) in [6.07, 6.45) is 0. The Kier molecular flexibility index (Phi) is 2.71. The molecule has 3 nitrogen and oxygen atoms in total. The summed E-state index contributed by atoms with van der Waals surface area (Å²) in [6.45, 7) is -0.00250. The van der Waals surface area contributed by atoms with Crippen molar-refractivity contribution in [3.63, 3.8) is 0 Å². The third-order valence-corrected chi connectivity index (χ3v) is 1.15. The smallest absolute Gasteiger partial charge is 0.313 e. The van der Waals surface area contributed by atoms with Gasteiger partial charge in [0.2, 0.25) is 0 Å². The molecule has 1 unspecified atom stereocenters. The van der Waals surface area contributed by atoms with Crippen molar-refractivity contribution in [2.75, 3.05) is 6.54 Å². The fourth-order valence-electron chi connectivity index (χ4n) is 0.525. The predicted octanol–water partition coefficient (Wildman–Crippen LogP) is 0.301. The molecule has 5 heteroatoms. The van der Waals surface area contributed by atoms with Crippen LogP contribution in [0.3, 0.4) is 0 Å². The van der Waals surface area contributed by atoms with Crippen LogP contribution in [0.5, 0.6) is 0 Å². The van der Waals surface area contributed by atoms with E-state index in [1.807, 2.05) is 0 Å². The number of rotatable bonds is 3. The van der Waals surface area contributed by atoms with E-state index in [1.54, 1.807) is 0 Å². The van der Waals surface area contributed by atoms with Crippen LogP contribution in [0.1, 0.15) is 6.92 Å². The van der Waals surface area contributed by atoms with Gasteiger partial charge in [-0.15, -0.1) is 0 Å². The summed E-state index contributed by atoms with van der Waals surface area (Å²) in [5.74, 6) is -6.57. The summed E-state index contributed by atoms with van der Waals surface area (Å²) in [5, 5.41) is 8.15. The van der Waals surface area contributed by atoms with Gasteiger partial charge in [0.1, 0.15) is 5.92 Å². The van der Waals surface area contributed by atoms with Crippen LogP contribution in [-0.2, 0) is 4.79 Å². The quantitative estimate of drug-likeness (QED) is 0.613. The number of carboxylic acid groups (broad SMARTS) is 1. The first kappa shape index (κ1) is 9.29. The maximum Gasteiger partial charge on any atom is 0.313 e. The van der Waals surface area contributed by atoms with Crippen LogP contribution in [0.25, 0.3) is 0 Å². The second-order valence-corrected chi connectivity index (χ2v) is 2.08. The van der Waals surface area contributed by atoms with E-state index in [1.165, 1.54) is 0 Å². The summed E-state index contributed by atoms with van der Waals surface area (Å²) in [4.78, 5) is 10.0. The SMILES string of the molecule is CC(F)(F)C(CN)C(=O)O. The Labute approximate surface area is 56.8 Å². The van der Waals surface area contributed by atoms with Crippen LogP contribution in [0.15, 0.2) is 0 Å². The first-order valence-electron chi connectivity index (χ1n) is 2.70. The van der Waals surface area contributed by atoms with Crippen LogP contribution < -0.4 is 5.73 Å². The Bertz CT molecular complexity index is 132. The number of carboxylic acids is 1. The van der Waals surface area contributed by atoms with Crippen molar-refractivity contribution >= 4 is 5.97 Å². The summed E-state index contributed by atoms with van der Waals surface area (Å²) in [7, 11) is 0. The lowest BCUT2D eigenvalue weighted by atomic mass is 10.0. The molecule has 60 valence electrons. The summed E-state index contributed by atoms with van der Waals surface area (Å²) in [6, 6.07) is 0. The molecular formula is C5H9F2NO2. The van der Waals surface area contributed by atoms with Crippen molar-refractivity contribution in [2.24, 2.45) is 11.7 Å². The van der Waals surface area contributed by atoms with Gasteiger partial charge in [-0.25, -0.2) is 8.78 Å². The van der Waals surface area contributed by atoms with Crippen molar-refractivity contribution in [3.05, 3.63) is 0 Å². The topological polar surface area (TPSA) is 63.3 Å². The normalized spacial score (nSPS) is 14.8. The third kappa shape index (κ3) is 2.26. The summed E-state index contributed by atoms with van der Waals surface area (Å²) in [5.41, 5.74) is 4.80. The van der Waals surface area contributed by atoms with Crippen LogP contribution in [0.2, 0.25) is 0 Å². The lowest BCUT2D eigenvalue weighted by molar-refractivity contribution is -0.153. The molecule has 0 aromatic rings. The zero-order valence-corrected chi connectivity index (χ0v) is 5.47. The Hall–Kier alpha value is -0.710. The number of nitrogens with two attached hydrogens (primary N) is 1.